The number of ether oxygens (including phenoxy) is 1. The van der Waals surface area contributed by atoms with Gasteiger partial charge in [-0.3, -0.25) is 4.79 Å². The molecule has 10 nitrogen and oxygen atoms in total. The minimum absolute atomic E-state index is 0.0293. The second-order valence-electron chi connectivity index (χ2n) is 8.77. The van der Waals surface area contributed by atoms with Crippen LogP contribution in [0.2, 0.25) is 0 Å². The maximum absolute atomic E-state index is 12.1. The number of anilines is 2. The molecule has 178 valence electrons. The lowest BCUT2D eigenvalue weighted by molar-refractivity contribution is -0.117. The molecule has 35 heavy (non-hydrogen) atoms. The highest BCUT2D eigenvalue weighted by Crippen LogP contribution is 2.30. The highest BCUT2D eigenvalue weighted by molar-refractivity contribution is 5.97. The van der Waals surface area contributed by atoms with Gasteiger partial charge >= 0.3 is 6.09 Å². The van der Waals surface area contributed by atoms with Crippen molar-refractivity contribution in [2.45, 2.75) is 19.3 Å². The van der Waals surface area contributed by atoms with Gasteiger partial charge in [-0.25, -0.2) is 14.8 Å². The number of likely N-dealkylation sites (tertiary alicyclic amines) is 1. The smallest absolute Gasteiger partial charge is 0.409 e. The molecule has 4 heterocycles. The fourth-order valence-electron chi connectivity index (χ4n) is 4.01. The molecule has 0 atom stereocenters. The zero-order valence-corrected chi connectivity index (χ0v) is 19.5. The van der Waals surface area contributed by atoms with Crippen molar-refractivity contribution < 1.29 is 14.3 Å². The predicted molar refractivity (Wildman–Crippen MR) is 130 cm³/mol. The van der Waals surface area contributed by atoms with Crippen molar-refractivity contribution in [2.75, 3.05) is 37.9 Å². The molecule has 1 saturated carbocycles. The summed E-state index contributed by atoms with van der Waals surface area (Å²) in [4.78, 5) is 34.2. The normalized spacial score (nSPS) is 15.1. The van der Waals surface area contributed by atoms with E-state index in [1.165, 1.54) is 7.11 Å². The summed E-state index contributed by atoms with van der Waals surface area (Å²) in [6.07, 6.45) is 5.89. The Kier molecular flexibility index (Phi) is 6.14. The number of nitrogens with one attached hydrogen (secondary N) is 2. The SMILES string of the molecule is CNc1ncc(C#Cc2ccc(CC3CN(C(=O)OC)C3)cn2)c2cc(NC(=O)C3CC3)nnc12. The Bertz CT molecular complexity index is 1340. The quantitative estimate of drug-likeness (QED) is 0.544. The molecule has 2 fully saturated rings. The maximum atomic E-state index is 12.1. The van der Waals surface area contributed by atoms with Crippen molar-refractivity contribution in [3.8, 4) is 11.8 Å². The van der Waals surface area contributed by atoms with Gasteiger partial charge in [-0.2, -0.15) is 0 Å². The molecule has 1 saturated heterocycles. The third-order valence-electron chi connectivity index (χ3n) is 6.13. The summed E-state index contributed by atoms with van der Waals surface area (Å²) in [6.45, 7) is 1.39. The lowest BCUT2D eigenvalue weighted by atomic mass is 9.93. The molecule has 0 unspecified atom stereocenters. The van der Waals surface area contributed by atoms with Crippen LogP contribution >= 0.6 is 0 Å². The Labute approximate surface area is 202 Å². The Hall–Kier alpha value is -4.26. The van der Waals surface area contributed by atoms with E-state index in [0.717, 1.165) is 30.2 Å². The van der Waals surface area contributed by atoms with Crippen molar-refractivity contribution in [1.82, 2.24) is 25.1 Å². The van der Waals surface area contributed by atoms with Gasteiger partial charge in [-0.15, -0.1) is 10.2 Å². The standard InChI is InChI=1S/C25H25N7O3/c1-26-23-22-20(10-21(30-31-22)29-24(33)17-4-5-17)18(12-28-23)6-8-19-7-3-15(11-27-19)9-16-13-32(14-16)25(34)35-2/h3,7,10-12,16-17H,4-5,9,13-14H2,1-2H3,(H,26,28)(H,29,30,33). The average molecular weight is 472 g/mol. The second kappa shape index (κ2) is 9.54. The van der Waals surface area contributed by atoms with Gasteiger partial charge in [0.2, 0.25) is 5.91 Å². The van der Waals surface area contributed by atoms with Gasteiger partial charge in [-0.05, 0) is 48.8 Å². The van der Waals surface area contributed by atoms with E-state index in [4.69, 9.17) is 4.74 Å². The van der Waals surface area contributed by atoms with Crippen molar-refractivity contribution in [2.24, 2.45) is 11.8 Å². The van der Waals surface area contributed by atoms with Crippen molar-refractivity contribution in [1.29, 1.82) is 0 Å². The lowest BCUT2D eigenvalue weighted by Crippen LogP contribution is -2.50. The summed E-state index contributed by atoms with van der Waals surface area (Å²) in [5.41, 5.74) is 2.98. The number of methoxy groups -OCH3 is 1. The van der Waals surface area contributed by atoms with Crippen LogP contribution in [0.4, 0.5) is 16.4 Å². The fraction of sp³-hybridized carbons (Fsp3) is 0.360. The molecule has 2 amide bonds. The average Bonchev–Trinajstić information content (AvgIpc) is 3.70. The van der Waals surface area contributed by atoms with Crippen molar-refractivity contribution in [3.63, 3.8) is 0 Å². The van der Waals surface area contributed by atoms with Gasteiger partial charge in [0.25, 0.3) is 0 Å². The molecule has 1 aliphatic heterocycles. The number of aromatic nitrogens is 4. The van der Waals surface area contributed by atoms with Gasteiger partial charge in [0, 0.05) is 43.8 Å². The first-order chi connectivity index (χ1) is 17.0. The summed E-state index contributed by atoms with van der Waals surface area (Å²) in [6, 6.07) is 5.68. The molecule has 0 bridgehead atoms. The number of nitrogens with zero attached hydrogens (tertiary/aromatic N) is 5. The van der Waals surface area contributed by atoms with E-state index in [1.54, 1.807) is 24.2 Å². The molecule has 2 N–H and O–H groups in total. The molecule has 3 aromatic heterocycles. The van der Waals surface area contributed by atoms with E-state index in [-0.39, 0.29) is 17.9 Å². The number of hydrogen-bond donors (Lipinski definition) is 2. The first-order valence-electron chi connectivity index (χ1n) is 11.5. The van der Waals surface area contributed by atoms with Crippen LogP contribution in [0.3, 0.4) is 0 Å². The summed E-state index contributed by atoms with van der Waals surface area (Å²) in [5.74, 6) is 7.66. The molecule has 10 heteroatoms. The predicted octanol–water partition coefficient (Wildman–Crippen LogP) is 2.45. The van der Waals surface area contributed by atoms with E-state index < -0.39 is 0 Å². The molecular formula is C25H25N7O3. The number of hydrogen-bond acceptors (Lipinski definition) is 8. The Morgan fingerprint density at radius 3 is 2.66 bits per heavy atom. The van der Waals surface area contributed by atoms with Gasteiger partial charge in [-0.1, -0.05) is 12.0 Å². The maximum Gasteiger partial charge on any atom is 0.409 e. The molecular weight excluding hydrogens is 446 g/mol. The molecule has 0 aromatic carbocycles. The van der Waals surface area contributed by atoms with Crippen LogP contribution in [0.15, 0.2) is 30.6 Å². The van der Waals surface area contributed by atoms with E-state index >= 15 is 0 Å². The first-order valence-corrected chi connectivity index (χ1v) is 11.5. The first kappa shape index (κ1) is 22.5. The van der Waals surface area contributed by atoms with E-state index in [9.17, 15) is 9.59 Å². The van der Waals surface area contributed by atoms with E-state index in [2.05, 4.69) is 42.6 Å². The Morgan fingerprint density at radius 1 is 1.14 bits per heavy atom. The number of pyridine rings is 2. The summed E-state index contributed by atoms with van der Waals surface area (Å²) >= 11 is 0. The van der Waals surface area contributed by atoms with Crippen molar-refractivity contribution in [3.05, 3.63) is 47.4 Å². The van der Waals surface area contributed by atoms with Crippen LogP contribution in [-0.2, 0) is 16.0 Å². The second-order valence-corrected chi connectivity index (χ2v) is 8.77. The molecule has 2 aliphatic rings. The zero-order chi connectivity index (χ0) is 24.4. The Morgan fingerprint density at radius 2 is 1.97 bits per heavy atom. The number of amides is 2. The molecule has 0 spiro atoms. The molecule has 1 aliphatic carbocycles. The molecule has 0 radical (unpaired) electrons. The highest BCUT2D eigenvalue weighted by Gasteiger charge is 2.31. The van der Waals surface area contributed by atoms with Crippen LogP contribution in [-0.4, -0.2) is 64.3 Å². The van der Waals surface area contributed by atoms with Crippen LogP contribution < -0.4 is 10.6 Å². The third kappa shape index (κ3) is 4.99. The van der Waals surface area contributed by atoms with Crippen LogP contribution in [0.25, 0.3) is 10.9 Å². The monoisotopic (exact) mass is 471 g/mol. The van der Waals surface area contributed by atoms with Gasteiger partial charge in [0.15, 0.2) is 11.6 Å². The molecule has 3 aromatic rings. The van der Waals surface area contributed by atoms with Gasteiger partial charge in [0.1, 0.15) is 11.2 Å². The molecule has 5 rings (SSSR count). The number of fused-ring (bicyclic) bond motifs is 1. The fourth-order valence-corrected chi connectivity index (χ4v) is 4.01. The van der Waals surface area contributed by atoms with Gasteiger partial charge < -0.3 is 20.3 Å². The minimum atomic E-state index is -0.279. The summed E-state index contributed by atoms with van der Waals surface area (Å²) in [5, 5.41) is 15.0. The van der Waals surface area contributed by atoms with Gasteiger partial charge in [0.05, 0.1) is 12.7 Å². The van der Waals surface area contributed by atoms with E-state index in [0.29, 0.717) is 47.4 Å². The van der Waals surface area contributed by atoms with E-state index in [1.807, 2.05) is 18.3 Å². The van der Waals surface area contributed by atoms with Crippen LogP contribution in [0.5, 0.6) is 0 Å². The number of carbonyl (C=O) groups is 2. The van der Waals surface area contributed by atoms with Crippen molar-refractivity contribution >= 4 is 34.5 Å². The Balaban J connectivity index is 1.32. The third-order valence-corrected chi connectivity index (χ3v) is 6.13. The topological polar surface area (TPSA) is 122 Å². The summed E-state index contributed by atoms with van der Waals surface area (Å²) < 4.78 is 4.73. The minimum Gasteiger partial charge on any atom is -0.453 e. The largest absolute Gasteiger partial charge is 0.453 e. The zero-order valence-electron chi connectivity index (χ0n) is 19.5. The van der Waals surface area contributed by atoms with Crippen LogP contribution in [0, 0.1) is 23.7 Å². The number of carbonyl (C=O) groups excluding carboxylic acids is 2. The number of rotatable bonds is 5. The highest BCUT2D eigenvalue weighted by atomic mass is 16.5. The summed E-state index contributed by atoms with van der Waals surface area (Å²) in [7, 11) is 3.16. The lowest BCUT2D eigenvalue weighted by Gasteiger charge is -2.38. The van der Waals surface area contributed by atoms with Crippen LogP contribution in [0.1, 0.15) is 29.7 Å².